The smallest absolute Gasteiger partial charge is 0.264 e. The molecule has 0 fully saturated rings. The van der Waals surface area contributed by atoms with E-state index < -0.39 is 0 Å². The van der Waals surface area contributed by atoms with Gasteiger partial charge >= 0.3 is 0 Å². The Labute approximate surface area is 144 Å². The number of fused-ring (bicyclic) bond motifs is 1. The maximum absolute atomic E-state index is 13.1. The Morgan fingerprint density at radius 1 is 1.21 bits per heavy atom. The predicted molar refractivity (Wildman–Crippen MR) is 94.2 cm³/mol. The number of carbonyl (C=O) groups is 2. The van der Waals surface area contributed by atoms with Crippen LogP contribution in [0.15, 0.2) is 42.5 Å². The molecule has 0 radical (unpaired) electrons. The SMILES string of the molecule is COc1cccc2c1c(CC=O)c(C)n2C(=O)c1ccccc1Cl. The molecule has 0 atom stereocenters. The number of carbonyl (C=O) groups excluding carboxylic acids is 2. The van der Waals surface area contributed by atoms with Crippen LogP contribution in [-0.2, 0) is 11.2 Å². The average molecular weight is 342 g/mol. The second kappa shape index (κ2) is 6.49. The molecule has 0 aliphatic carbocycles. The number of rotatable bonds is 4. The zero-order chi connectivity index (χ0) is 17.3. The van der Waals surface area contributed by atoms with Crippen LogP contribution in [0.5, 0.6) is 5.75 Å². The summed E-state index contributed by atoms with van der Waals surface area (Å²) in [6, 6.07) is 12.4. The van der Waals surface area contributed by atoms with Gasteiger partial charge in [-0.05, 0) is 36.8 Å². The fraction of sp³-hybridized carbons (Fsp3) is 0.158. The van der Waals surface area contributed by atoms with Crippen LogP contribution in [0.1, 0.15) is 21.6 Å². The fourth-order valence-corrected chi connectivity index (χ4v) is 3.24. The first-order valence-corrected chi connectivity index (χ1v) is 7.87. The van der Waals surface area contributed by atoms with E-state index in [-0.39, 0.29) is 12.3 Å². The molecule has 1 aromatic heterocycles. The molecule has 0 amide bonds. The van der Waals surface area contributed by atoms with Gasteiger partial charge in [-0.15, -0.1) is 0 Å². The van der Waals surface area contributed by atoms with Gasteiger partial charge in [0.05, 0.1) is 23.2 Å². The van der Waals surface area contributed by atoms with E-state index in [0.29, 0.717) is 27.5 Å². The highest BCUT2D eigenvalue weighted by Crippen LogP contribution is 2.34. The third kappa shape index (κ3) is 2.49. The first kappa shape index (κ1) is 16.3. The van der Waals surface area contributed by atoms with Gasteiger partial charge in [-0.25, -0.2) is 0 Å². The maximum Gasteiger partial charge on any atom is 0.264 e. The van der Waals surface area contributed by atoms with E-state index in [1.54, 1.807) is 35.9 Å². The van der Waals surface area contributed by atoms with E-state index in [2.05, 4.69) is 0 Å². The molecular formula is C19H16ClNO3. The lowest BCUT2D eigenvalue weighted by molar-refractivity contribution is -0.107. The highest BCUT2D eigenvalue weighted by Gasteiger charge is 2.22. The Hall–Kier alpha value is -2.59. The summed E-state index contributed by atoms with van der Waals surface area (Å²) in [4.78, 5) is 24.2. The summed E-state index contributed by atoms with van der Waals surface area (Å²) in [5.41, 5.74) is 2.62. The molecule has 0 spiro atoms. The lowest BCUT2D eigenvalue weighted by atomic mass is 10.1. The lowest BCUT2D eigenvalue weighted by Crippen LogP contribution is -2.14. The molecular weight excluding hydrogens is 326 g/mol. The zero-order valence-electron chi connectivity index (χ0n) is 13.4. The largest absolute Gasteiger partial charge is 0.496 e. The molecule has 0 aliphatic rings. The number of aldehydes is 1. The van der Waals surface area contributed by atoms with E-state index >= 15 is 0 Å². The summed E-state index contributed by atoms with van der Waals surface area (Å²) in [5, 5.41) is 1.17. The van der Waals surface area contributed by atoms with Crippen molar-refractivity contribution in [3.8, 4) is 5.75 Å². The van der Waals surface area contributed by atoms with Crippen LogP contribution >= 0.6 is 11.6 Å². The highest BCUT2D eigenvalue weighted by molar-refractivity contribution is 6.34. The predicted octanol–water partition coefficient (Wildman–Crippen LogP) is 4.04. The summed E-state index contributed by atoms with van der Waals surface area (Å²) < 4.78 is 7.02. The molecule has 24 heavy (non-hydrogen) atoms. The van der Waals surface area contributed by atoms with Crippen LogP contribution in [-0.4, -0.2) is 23.9 Å². The Balaban J connectivity index is 2.33. The first-order chi connectivity index (χ1) is 11.6. The van der Waals surface area contributed by atoms with Crippen molar-refractivity contribution >= 4 is 34.7 Å². The Morgan fingerprint density at radius 2 is 1.96 bits per heavy atom. The van der Waals surface area contributed by atoms with Crippen LogP contribution in [0, 0.1) is 6.92 Å². The van der Waals surface area contributed by atoms with E-state index in [4.69, 9.17) is 16.3 Å². The summed E-state index contributed by atoms with van der Waals surface area (Å²) in [5.74, 6) is 0.409. The molecule has 4 nitrogen and oxygen atoms in total. The van der Waals surface area contributed by atoms with Crippen LogP contribution in [0.25, 0.3) is 10.9 Å². The molecule has 1 heterocycles. The van der Waals surface area contributed by atoms with E-state index in [0.717, 1.165) is 17.2 Å². The number of benzene rings is 2. The highest BCUT2D eigenvalue weighted by atomic mass is 35.5. The van der Waals surface area contributed by atoms with Crippen LogP contribution < -0.4 is 4.74 Å². The minimum absolute atomic E-state index is 0.214. The summed E-state index contributed by atoms with van der Waals surface area (Å²) in [6.07, 6.45) is 1.05. The Kier molecular flexibility index (Phi) is 4.40. The quantitative estimate of drug-likeness (QED) is 0.673. The molecule has 0 bridgehead atoms. The van der Waals surface area contributed by atoms with Gasteiger partial charge in [0.2, 0.25) is 0 Å². The van der Waals surface area contributed by atoms with E-state index in [1.165, 1.54) is 0 Å². The minimum Gasteiger partial charge on any atom is -0.496 e. The van der Waals surface area contributed by atoms with Crippen molar-refractivity contribution < 1.29 is 14.3 Å². The zero-order valence-corrected chi connectivity index (χ0v) is 14.1. The third-order valence-corrected chi connectivity index (χ3v) is 4.46. The third-order valence-electron chi connectivity index (χ3n) is 4.13. The van der Waals surface area contributed by atoms with Crippen molar-refractivity contribution in [3.63, 3.8) is 0 Å². The molecule has 0 saturated carbocycles. The van der Waals surface area contributed by atoms with Gasteiger partial charge in [-0.3, -0.25) is 9.36 Å². The second-order valence-corrected chi connectivity index (χ2v) is 5.82. The van der Waals surface area contributed by atoms with E-state index in [1.807, 2.05) is 25.1 Å². The van der Waals surface area contributed by atoms with Gasteiger partial charge in [0.15, 0.2) is 0 Å². The monoisotopic (exact) mass is 341 g/mol. The maximum atomic E-state index is 13.1. The van der Waals surface area contributed by atoms with Gasteiger partial charge in [0, 0.05) is 17.5 Å². The number of hydrogen-bond acceptors (Lipinski definition) is 3. The summed E-state index contributed by atoms with van der Waals surface area (Å²) in [7, 11) is 1.57. The molecule has 0 unspecified atom stereocenters. The first-order valence-electron chi connectivity index (χ1n) is 7.50. The molecule has 3 aromatic rings. The van der Waals surface area contributed by atoms with Gasteiger partial charge in [-0.2, -0.15) is 0 Å². The summed E-state index contributed by atoms with van der Waals surface area (Å²) in [6.45, 7) is 1.83. The van der Waals surface area contributed by atoms with Crippen molar-refractivity contribution in [1.29, 1.82) is 0 Å². The van der Waals surface area contributed by atoms with Crippen molar-refractivity contribution in [2.24, 2.45) is 0 Å². The number of ether oxygens (including phenoxy) is 1. The molecule has 0 saturated heterocycles. The standard InChI is InChI=1S/C19H16ClNO3/c1-12-13(10-11-22)18-16(8-5-9-17(18)24-2)21(12)19(23)14-6-3-4-7-15(14)20/h3-9,11H,10H2,1-2H3. The van der Waals surface area contributed by atoms with Crippen LogP contribution in [0.3, 0.4) is 0 Å². The number of halogens is 1. The molecule has 0 aliphatic heterocycles. The van der Waals surface area contributed by atoms with Gasteiger partial charge in [-0.1, -0.05) is 29.8 Å². The number of hydrogen-bond donors (Lipinski definition) is 0. The number of aromatic nitrogens is 1. The van der Waals surface area contributed by atoms with Crippen molar-refractivity contribution in [3.05, 3.63) is 64.3 Å². The average Bonchev–Trinajstić information content (AvgIpc) is 2.87. The summed E-state index contributed by atoms with van der Waals surface area (Å²) >= 11 is 6.18. The number of nitrogens with zero attached hydrogens (tertiary/aromatic N) is 1. The van der Waals surface area contributed by atoms with Gasteiger partial charge in [0.25, 0.3) is 5.91 Å². The van der Waals surface area contributed by atoms with Gasteiger partial charge in [0.1, 0.15) is 12.0 Å². The number of methoxy groups -OCH3 is 1. The van der Waals surface area contributed by atoms with E-state index in [9.17, 15) is 9.59 Å². The van der Waals surface area contributed by atoms with Crippen molar-refractivity contribution in [2.45, 2.75) is 13.3 Å². The van der Waals surface area contributed by atoms with Crippen molar-refractivity contribution in [2.75, 3.05) is 7.11 Å². The Morgan fingerprint density at radius 3 is 2.62 bits per heavy atom. The topological polar surface area (TPSA) is 48.3 Å². The Bertz CT molecular complexity index is 943. The van der Waals surface area contributed by atoms with Crippen molar-refractivity contribution in [1.82, 2.24) is 4.57 Å². The lowest BCUT2D eigenvalue weighted by Gasteiger charge is -2.09. The molecule has 5 heteroatoms. The molecule has 122 valence electrons. The normalized spacial score (nSPS) is 10.8. The van der Waals surface area contributed by atoms with Gasteiger partial charge < -0.3 is 9.53 Å². The van der Waals surface area contributed by atoms with Crippen LogP contribution in [0.4, 0.5) is 0 Å². The molecule has 0 N–H and O–H groups in total. The molecule has 2 aromatic carbocycles. The minimum atomic E-state index is -0.228. The second-order valence-electron chi connectivity index (χ2n) is 5.41. The van der Waals surface area contributed by atoms with Crippen LogP contribution in [0.2, 0.25) is 5.02 Å². The molecule has 3 rings (SSSR count). The fourth-order valence-electron chi connectivity index (χ4n) is 3.03.